The van der Waals surface area contributed by atoms with Gasteiger partial charge in [-0.2, -0.15) is 15.1 Å². The first-order valence-corrected chi connectivity index (χ1v) is 11.8. The number of rotatable bonds is 6. The topological polar surface area (TPSA) is 105 Å². The second-order valence-electron chi connectivity index (χ2n) is 7.61. The molecule has 3 aromatic rings. The van der Waals surface area contributed by atoms with Crippen LogP contribution in [0, 0.1) is 6.92 Å². The second kappa shape index (κ2) is 8.93. The number of piperazine rings is 1. The average Bonchev–Trinajstić information content (AvgIpc) is 3.19. The molecule has 3 heterocycles. The largest absolute Gasteiger partial charge is 0.438 e. The summed E-state index contributed by atoms with van der Waals surface area (Å²) in [5.41, 5.74) is 1.55. The van der Waals surface area contributed by atoms with E-state index in [1.165, 1.54) is 17.1 Å². The highest BCUT2D eigenvalue weighted by atomic mass is 35.5. The van der Waals surface area contributed by atoms with Gasteiger partial charge < -0.3 is 14.5 Å². The van der Waals surface area contributed by atoms with Gasteiger partial charge in [0.2, 0.25) is 11.8 Å². The van der Waals surface area contributed by atoms with E-state index in [9.17, 15) is 8.42 Å². The average molecular weight is 478 g/mol. The summed E-state index contributed by atoms with van der Waals surface area (Å²) >= 11 is 6.24. The fraction of sp³-hybridized carbons (Fsp3) is 0.350. The van der Waals surface area contributed by atoms with Gasteiger partial charge in [0, 0.05) is 56.7 Å². The first-order valence-electron chi connectivity index (χ1n) is 9.98. The number of likely N-dealkylation sites (N-methyl/N-ethyl adjacent to an activating group) is 1. The normalized spacial score (nSPS) is 15.1. The molecule has 1 saturated heterocycles. The number of hydrogen-bond donors (Lipinski definition) is 1. The summed E-state index contributed by atoms with van der Waals surface area (Å²) < 4.78 is 34.9. The quantitative estimate of drug-likeness (QED) is 0.540. The second-order valence-corrected chi connectivity index (χ2v) is 9.65. The predicted molar refractivity (Wildman–Crippen MR) is 122 cm³/mol. The maximum absolute atomic E-state index is 12.6. The van der Waals surface area contributed by atoms with Crippen LogP contribution in [-0.4, -0.2) is 66.3 Å². The van der Waals surface area contributed by atoms with Crippen molar-refractivity contribution >= 4 is 33.3 Å². The molecule has 1 aliphatic heterocycles. The predicted octanol–water partition coefficient (Wildman–Crippen LogP) is 2.52. The number of nitrogens with one attached hydrogen (secondary N) is 1. The zero-order valence-electron chi connectivity index (χ0n) is 18.0. The lowest BCUT2D eigenvalue weighted by Gasteiger charge is -2.34. The van der Waals surface area contributed by atoms with Crippen LogP contribution in [0.2, 0.25) is 5.15 Å². The highest BCUT2D eigenvalue weighted by Gasteiger charge is 2.21. The Balaban J connectivity index is 1.57. The van der Waals surface area contributed by atoms with E-state index in [0.29, 0.717) is 11.3 Å². The van der Waals surface area contributed by atoms with E-state index in [4.69, 9.17) is 16.3 Å². The SMILES string of the molecule is Cc1c(Cl)nc(NS(=O)(=O)c2cnn(C)c2)nc1Oc1cccc(N2CCN(C)CC2)c1. The van der Waals surface area contributed by atoms with Gasteiger partial charge in [0.15, 0.2) is 0 Å². The van der Waals surface area contributed by atoms with Gasteiger partial charge in [0.1, 0.15) is 15.8 Å². The molecule has 12 heteroatoms. The molecule has 32 heavy (non-hydrogen) atoms. The lowest BCUT2D eigenvalue weighted by molar-refractivity contribution is 0.312. The molecule has 4 rings (SSSR count). The summed E-state index contributed by atoms with van der Waals surface area (Å²) in [4.78, 5) is 12.8. The lowest BCUT2D eigenvalue weighted by Crippen LogP contribution is -2.44. The Morgan fingerprint density at radius 2 is 1.88 bits per heavy atom. The van der Waals surface area contributed by atoms with Crippen LogP contribution in [0.3, 0.4) is 0 Å². The van der Waals surface area contributed by atoms with Gasteiger partial charge in [0.05, 0.1) is 6.20 Å². The molecule has 1 aromatic carbocycles. The van der Waals surface area contributed by atoms with Crippen LogP contribution in [0.25, 0.3) is 0 Å². The highest BCUT2D eigenvalue weighted by molar-refractivity contribution is 7.92. The van der Waals surface area contributed by atoms with Gasteiger partial charge in [-0.05, 0) is 26.1 Å². The van der Waals surface area contributed by atoms with Crippen molar-refractivity contribution in [1.29, 1.82) is 0 Å². The summed E-state index contributed by atoms with van der Waals surface area (Å²) in [7, 11) is -0.185. The van der Waals surface area contributed by atoms with Crippen molar-refractivity contribution in [3.8, 4) is 11.6 Å². The molecule has 0 spiro atoms. The maximum atomic E-state index is 12.6. The summed E-state index contributed by atoms with van der Waals surface area (Å²) in [6, 6.07) is 7.69. The Morgan fingerprint density at radius 1 is 1.12 bits per heavy atom. The van der Waals surface area contributed by atoms with Crippen LogP contribution >= 0.6 is 11.6 Å². The number of hydrogen-bond acceptors (Lipinski definition) is 8. The van der Waals surface area contributed by atoms with Crippen molar-refractivity contribution in [2.24, 2.45) is 7.05 Å². The fourth-order valence-corrected chi connectivity index (χ4v) is 4.34. The van der Waals surface area contributed by atoms with Gasteiger partial charge in [0.25, 0.3) is 10.0 Å². The Morgan fingerprint density at radius 3 is 2.56 bits per heavy atom. The molecule has 1 aliphatic rings. The maximum Gasteiger partial charge on any atom is 0.267 e. The van der Waals surface area contributed by atoms with E-state index in [1.807, 2.05) is 24.3 Å². The summed E-state index contributed by atoms with van der Waals surface area (Å²) in [6.07, 6.45) is 2.61. The van der Waals surface area contributed by atoms with E-state index < -0.39 is 10.0 Å². The van der Waals surface area contributed by atoms with Crippen molar-refractivity contribution in [3.63, 3.8) is 0 Å². The first kappa shape index (κ1) is 22.3. The van der Waals surface area contributed by atoms with Crippen molar-refractivity contribution in [2.75, 3.05) is 42.8 Å². The van der Waals surface area contributed by atoms with Crippen LogP contribution in [0.15, 0.2) is 41.6 Å². The third-order valence-electron chi connectivity index (χ3n) is 5.16. The van der Waals surface area contributed by atoms with E-state index >= 15 is 0 Å². The van der Waals surface area contributed by atoms with Gasteiger partial charge in [-0.1, -0.05) is 17.7 Å². The van der Waals surface area contributed by atoms with Gasteiger partial charge in [-0.15, -0.1) is 0 Å². The third kappa shape index (κ3) is 4.95. The molecular weight excluding hydrogens is 454 g/mol. The monoisotopic (exact) mass is 477 g/mol. The Labute approximate surface area is 191 Å². The molecule has 10 nitrogen and oxygen atoms in total. The summed E-state index contributed by atoms with van der Waals surface area (Å²) in [5.74, 6) is 0.555. The molecule has 1 fully saturated rings. The zero-order chi connectivity index (χ0) is 22.9. The molecule has 0 unspecified atom stereocenters. The van der Waals surface area contributed by atoms with Gasteiger partial charge in [-0.25, -0.2) is 13.1 Å². The number of aromatic nitrogens is 4. The standard InChI is InChI=1S/C20H24ClN7O3S/c1-14-18(21)23-20(25-32(29,30)17-12-22-27(3)13-17)24-19(14)31-16-6-4-5-15(11-16)28-9-7-26(2)8-10-28/h4-6,11-13H,7-10H2,1-3H3,(H,23,24,25). The molecule has 0 amide bonds. The minimum Gasteiger partial charge on any atom is -0.438 e. The van der Waals surface area contributed by atoms with Gasteiger partial charge in [-0.3, -0.25) is 4.68 Å². The van der Waals surface area contributed by atoms with Crippen LogP contribution in [-0.2, 0) is 17.1 Å². The van der Waals surface area contributed by atoms with E-state index in [2.05, 4.69) is 36.6 Å². The zero-order valence-corrected chi connectivity index (χ0v) is 19.6. The van der Waals surface area contributed by atoms with Crippen LogP contribution in [0.5, 0.6) is 11.6 Å². The Kier molecular flexibility index (Phi) is 6.22. The molecule has 0 aliphatic carbocycles. The summed E-state index contributed by atoms with van der Waals surface area (Å²) in [5, 5.41) is 3.97. The smallest absolute Gasteiger partial charge is 0.267 e. The Hall–Kier alpha value is -2.89. The van der Waals surface area contributed by atoms with Crippen molar-refractivity contribution < 1.29 is 13.2 Å². The summed E-state index contributed by atoms with van der Waals surface area (Å²) in [6.45, 7) is 5.55. The third-order valence-corrected chi connectivity index (χ3v) is 6.81. The number of anilines is 2. The minimum atomic E-state index is -3.92. The highest BCUT2D eigenvalue weighted by Crippen LogP contribution is 2.31. The van der Waals surface area contributed by atoms with Crippen LogP contribution in [0.4, 0.5) is 11.6 Å². The number of halogens is 1. The van der Waals surface area contributed by atoms with Crippen LogP contribution in [0.1, 0.15) is 5.56 Å². The Bertz CT molecular complexity index is 1220. The van der Waals surface area contributed by atoms with Crippen LogP contribution < -0.4 is 14.4 Å². The lowest BCUT2D eigenvalue weighted by atomic mass is 10.2. The first-order chi connectivity index (χ1) is 15.2. The number of nitrogens with zero attached hydrogens (tertiary/aromatic N) is 6. The number of benzene rings is 1. The molecule has 0 atom stereocenters. The number of ether oxygens (including phenoxy) is 1. The molecule has 1 N–H and O–H groups in total. The minimum absolute atomic E-state index is 0.0114. The molecule has 0 saturated carbocycles. The molecule has 0 bridgehead atoms. The van der Waals surface area contributed by atoms with E-state index in [-0.39, 0.29) is 21.9 Å². The molecule has 170 valence electrons. The van der Waals surface area contributed by atoms with Crippen molar-refractivity contribution in [3.05, 3.63) is 47.4 Å². The van der Waals surface area contributed by atoms with Gasteiger partial charge >= 0.3 is 0 Å². The van der Waals surface area contributed by atoms with Crippen molar-refractivity contribution in [1.82, 2.24) is 24.6 Å². The number of aryl methyl sites for hydroxylation is 1. The molecule has 0 radical (unpaired) electrons. The fourth-order valence-electron chi connectivity index (χ4n) is 3.25. The molecule has 2 aromatic heterocycles. The number of sulfonamides is 1. The molecular formula is C20H24ClN7O3S. The van der Waals surface area contributed by atoms with Crippen molar-refractivity contribution in [2.45, 2.75) is 11.8 Å². The van der Waals surface area contributed by atoms with E-state index in [0.717, 1.165) is 31.9 Å². The van der Waals surface area contributed by atoms with E-state index in [1.54, 1.807) is 14.0 Å².